The summed E-state index contributed by atoms with van der Waals surface area (Å²) in [4.78, 5) is 6.63. The van der Waals surface area contributed by atoms with Crippen molar-refractivity contribution in [1.29, 1.82) is 0 Å². The average molecular weight is 312 g/mol. The van der Waals surface area contributed by atoms with Crippen LogP contribution in [0.15, 0.2) is 70.6 Å². The van der Waals surface area contributed by atoms with Crippen LogP contribution in [0.1, 0.15) is 0 Å². The summed E-state index contributed by atoms with van der Waals surface area (Å²) >= 11 is 0. The Balaban J connectivity index is 2.34. The van der Waals surface area contributed by atoms with E-state index in [1.165, 1.54) is 6.20 Å². The Morgan fingerprint density at radius 1 is 0.909 bits per heavy atom. The minimum absolute atomic E-state index is 0.224. The van der Waals surface area contributed by atoms with Gasteiger partial charge in [-0.3, -0.25) is 4.98 Å². The molecule has 0 saturated carbocycles. The van der Waals surface area contributed by atoms with Crippen LogP contribution in [0.4, 0.5) is 5.69 Å². The molecule has 5 heteroatoms. The molecule has 0 N–H and O–H groups in total. The molecule has 0 aliphatic rings. The van der Waals surface area contributed by atoms with E-state index in [-0.39, 0.29) is 9.79 Å². The number of para-hydroxylation sites is 1. The molecule has 0 amide bonds. The summed E-state index contributed by atoms with van der Waals surface area (Å²) in [6.07, 6.45) is 1.44. The number of nitrogens with zero attached hydrogens (tertiary/aromatic N) is 2. The first kappa shape index (κ1) is 14.5. The van der Waals surface area contributed by atoms with Gasteiger partial charge >= 0.3 is 0 Å². The molecule has 1 aromatic heterocycles. The topological polar surface area (TPSA) is 50.3 Å². The molecule has 0 aliphatic carbocycles. The van der Waals surface area contributed by atoms with Crippen LogP contribution in [0.2, 0.25) is 0 Å². The van der Waals surface area contributed by atoms with E-state index < -0.39 is 9.84 Å². The molecule has 0 saturated heterocycles. The molecule has 0 bridgehead atoms. The van der Waals surface area contributed by atoms with E-state index in [4.69, 9.17) is 0 Å². The van der Waals surface area contributed by atoms with Crippen molar-refractivity contribution in [3.05, 3.63) is 60.8 Å². The lowest BCUT2D eigenvalue weighted by Crippen LogP contribution is -2.15. The summed E-state index contributed by atoms with van der Waals surface area (Å²) in [7, 11) is 0.0679. The van der Waals surface area contributed by atoms with E-state index in [2.05, 4.69) is 4.98 Å². The molecule has 0 radical (unpaired) electrons. The molecule has 0 spiro atoms. The van der Waals surface area contributed by atoms with Crippen LogP contribution >= 0.6 is 0 Å². The van der Waals surface area contributed by atoms with Crippen LogP contribution in [0.25, 0.3) is 10.9 Å². The number of pyridine rings is 1. The Morgan fingerprint density at radius 3 is 2.23 bits per heavy atom. The third-order valence-corrected chi connectivity index (χ3v) is 5.27. The standard InChI is InChI=1S/C17H16N2O2S/c1-19(2)17-14-10-6-7-11-15(14)18-12-16(17)22(20,21)13-8-4-3-5-9-13/h3-12H,1-2H3. The minimum Gasteiger partial charge on any atom is -0.376 e. The van der Waals surface area contributed by atoms with E-state index in [1.54, 1.807) is 30.3 Å². The summed E-state index contributed by atoms with van der Waals surface area (Å²) < 4.78 is 25.9. The van der Waals surface area contributed by atoms with Crippen molar-refractivity contribution in [2.45, 2.75) is 9.79 Å². The normalized spacial score (nSPS) is 11.5. The largest absolute Gasteiger partial charge is 0.376 e. The number of fused-ring (bicyclic) bond motifs is 1. The van der Waals surface area contributed by atoms with Gasteiger partial charge in [-0.1, -0.05) is 36.4 Å². The van der Waals surface area contributed by atoms with Gasteiger partial charge < -0.3 is 4.90 Å². The van der Waals surface area contributed by atoms with Crippen LogP contribution in [0.5, 0.6) is 0 Å². The van der Waals surface area contributed by atoms with Crippen molar-refractivity contribution >= 4 is 26.4 Å². The summed E-state index contributed by atoms with van der Waals surface area (Å²) in [5.41, 5.74) is 1.44. The Kier molecular flexibility index (Phi) is 3.58. The Labute approximate surface area is 130 Å². The first-order valence-corrected chi connectivity index (χ1v) is 8.35. The lowest BCUT2D eigenvalue weighted by Gasteiger charge is -2.19. The van der Waals surface area contributed by atoms with E-state index >= 15 is 0 Å². The summed E-state index contributed by atoms with van der Waals surface area (Å²) in [6.45, 7) is 0. The number of anilines is 1. The van der Waals surface area contributed by atoms with Gasteiger partial charge in [0, 0.05) is 25.7 Å². The first-order chi connectivity index (χ1) is 10.5. The predicted octanol–water partition coefficient (Wildman–Crippen LogP) is 3.13. The quantitative estimate of drug-likeness (QED) is 0.745. The smallest absolute Gasteiger partial charge is 0.210 e. The monoisotopic (exact) mass is 312 g/mol. The van der Waals surface area contributed by atoms with Crippen molar-refractivity contribution in [3.63, 3.8) is 0 Å². The molecule has 2 aromatic carbocycles. The van der Waals surface area contributed by atoms with E-state index in [0.717, 1.165) is 10.9 Å². The second-order valence-electron chi connectivity index (χ2n) is 5.20. The van der Waals surface area contributed by atoms with Crippen molar-refractivity contribution in [1.82, 2.24) is 4.98 Å². The highest BCUT2D eigenvalue weighted by molar-refractivity contribution is 7.91. The third kappa shape index (κ3) is 2.33. The van der Waals surface area contributed by atoms with E-state index in [1.807, 2.05) is 43.3 Å². The highest BCUT2D eigenvalue weighted by atomic mass is 32.2. The van der Waals surface area contributed by atoms with Gasteiger partial charge in [0.1, 0.15) is 4.90 Å². The zero-order valence-corrected chi connectivity index (χ0v) is 13.2. The summed E-state index contributed by atoms with van der Waals surface area (Å²) in [5, 5.41) is 0.824. The van der Waals surface area contributed by atoms with Gasteiger partial charge in [-0.25, -0.2) is 8.42 Å². The fourth-order valence-corrected chi connectivity index (χ4v) is 4.00. The molecule has 0 aliphatic heterocycles. The number of hydrogen-bond acceptors (Lipinski definition) is 4. The van der Waals surface area contributed by atoms with Crippen LogP contribution < -0.4 is 4.90 Å². The number of hydrogen-bond donors (Lipinski definition) is 0. The van der Waals surface area contributed by atoms with Crippen molar-refractivity contribution < 1.29 is 8.42 Å². The second-order valence-corrected chi connectivity index (χ2v) is 7.12. The van der Waals surface area contributed by atoms with Gasteiger partial charge in [-0.15, -0.1) is 0 Å². The molecule has 1 heterocycles. The van der Waals surface area contributed by atoms with Crippen molar-refractivity contribution in [2.75, 3.05) is 19.0 Å². The van der Waals surface area contributed by atoms with Crippen LogP contribution in [-0.4, -0.2) is 27.5 Å². The predicted molar refractivity (Wildman–Crippen MR) is 88.0 cm³/mol. The van der Waals surface area contributed by atoms with Crippen LogP contribution in [0.3, 0.4) is 0 Å². The number of benzene rings is 2. The maximum atomic E-state index is 12.9. The van der Waals surface area contributed by atoms with E-state index in [9.17, 15) is 8.42 Å². The zero-order valence-electron chi connectivity index (χ0n) is 12.4. The average Bonchev–Trinajstić information content (AvgIpc) is 2.54. The number of aromatic nitrogens is 1. The molecule has 3 rings (SSSR count). The van der Waals surface area contributed by atoms with Gasteiger partial charge in [0.05, 0.1) is 16.1 Å². The van der Waals surface area contributed by atoms with Crippen LogP contribution in [0, 0.1) is 0 Å². The number of rotatable bonds is 3. The fraction of sp³-hybridized carbons (Fsp3) is 0.118. The Bertz CT molecular complexity index is 920. The molecule has 3 aromatic rings. The minimum atomic E-state index is -3.61. The maximum absolute atomic E-state index is 12.9. The molecule has 22 heavy (non-hydrogen) atoms. The first-order valence-electron chi connectivity index (χ1n) is 6.87. The lowest BCUT2D eigenvalue weighted by molar-refractivity contribution is 0.596. The fourth-order valence-electron chi connectivity index (χ4n) is 2.49. The van der Waals surface area contributed by atoms with Crippen LogP contribution in [-0.2, 0) is 9.84 Å². The van der Waals surface area contributed by atoms with Gasteiger partial charge in [0.15, 0.2) is 0 Å². The summed E-state index contributed by atoms with van der Waals surface area (Å²) in [6, 6.07) is 16.0. The van der Waals surface area contributed by atoms with Gasteiger partial charge in [0.2, 0.25) is 9.84 Å². The van der Waals surface area contributed by atoms with Gasteiger partial charge in [-0.05, 0) is 18.2 Å². The maximum Gasteiger partial charge on any atom is 0.210 e. The molecular formula is C17H16N2O2S. The zero-order chi connectivity index (χ0) is 15.7. The lowest BCUT2D eigenvalue weighted by atomic mass is 10.2. The molecule has 112 valence electrons. The highest BCUT2D eigenvalue weighted by Gasteiger charge is 2.24. The molecular weight excluding hydrogens is 296 g/mol. The summed E-state index contributed by atoms with van der Waals surface area (Å²) in [5.74, 6) is 0. The van der Waals surface area contributed by atoms with Gasteiger partial charge in [0.25, 0.3) is 0 Å². The Hall–Kier alpha value is -2.40. The molecule has 0 unspecified atom stereocenters. The number of sulfone groups is 1. The second kappa shape index (κ2) is 5.42. The van der Waals surface area contributed by atoms with Gasteiger partial charge in [-0.2, -0.15) is 0 Å². The Morgan fingerprint density at radius 2 is 1.55 bits per heavy atom. The third-order valence-electron chi connectivity index (χ3n) is 3.50. The van der Waals surface area contributed by atoms with Crippen molar-refractivity contribution in [3.8, 4) is 0 Å². The van der Waals surface area contributed by atoms with E-state index in [0.29, 0.717) is 5.69 Å². The SMILES string of the molecule is CN(C)c1c(S(=O)(=O)c2ccccc2)cnc2ccccc12. The molecule has 4 nitrogen and oxygen atoms in total. The van der Waals surface area contributed by atoms with Crippen molar-refractivity contribution in [2.24, 2.45) is 0 Å². The molecule has 0 fully saturated rings. The highest BCUT2D eigenvalue weighted by Crippen LogP contribution is 2.34. The molecule has 0 atom stereocenters.